The van der Waals surface area contributed by atoms with Gasteiger partial charge in [-0.2, -0.15) is 5.10 Å². The first-order chi connectivity index (χ1) is 8.79. The van der Waals surface area contributed by atoms with Gasteiger partial charge in [0.15, 0.2) is 5.78 Å². The van der Waals surface area contributed by atoms with Gasteiger partial charge in [-0.1, -0.05) is 37.3 Å². The van der Waals surface area contributed by atoms with Gasteiger partial charge in [0.05, 0.1) is 11.8 Å². The number of hydrogen-bond donors (Lipinski definition) is 0. The number of rotatable bonds is 6. The Morgan fingerprint density at radius 3 is 2.78 bits per heavy atom. The molecule has 94 valence electrons. The third-order valence-corrected chi connectivity index (χ3v) is 2.89. The number of aromatic nitrogens is 2. The molecule has 0 saturated carbocycles. The fourth-order valence-corrected chi connectivity index (χ4v) is 1.91. The molecule has 0 N–H and O–H groups in total. The summed E-state index contributed by atoms with van der Waals surface area (Å²) in [5.41, 5.74) is 1.92. The van der Waals surface area contributed by atoms with E-state index >= 15 is 0 Å². The first-order valence-corrected chi connectivity index (χ1v) is 6.39. The van der Waals surface area contributed by atoms with Crippen LogP contribution in [0.5, 0.6) is 0 Å². The maximum absolute atomic E-state index is 12.0. The molecule has 2 aromatic rings. The van der Waals surface area contributed by atoms with Crippen molar-refractivity contribution in [3.8, 4) is 0 Å². The van der Waals surface area contributed by atoms with Crippen LogP contribution < -0.4 is 0 Å². The third kappa shape index (κ3) is 3.29. The molecule has 0 saturated heterocycles. The Kier molecular flexibility index (Phi) is 4.29. The van der Waals surface area contributed by atoms with Gasteiger partial charge >= 0.3 is 0 Å². The second-order valence-corrected chi connectivity index (χ2v) is 4.40. The Bertz CT molecular complexity index is 502. The average molecular weight is 242 g/mol. The lowest BCUT2D eigenvalue weighted by Gasteiger charge is -1.99. The molecule has 1 aromatic carbocycles. The molecule has 0 aliphatic heterocycles. The molecule has 1 aromatic heterocycles. The van der Waals surface area contributed by atoms with Gasteiger partial charge < -0.3 is 0 Å². The molecule has 0 spiro atoms. The number of nitrogens with zero attached hydrogens (tertiary/aromatic N) is 2. The average Bonchev–Trinajstić information content (AvgIpc) is 2.86. The second-order valence-electron chi connectivity index (χ2n) is 4.40. The minimum atomic E-state index is 0.168. The summed E-state index contributed by atoms with van der Waals surface area (Å²) in [7, 11) is 0. The largest absolute Gasteiger partial charge is 0.294 e. The van der Waals surface area contributed by atoms with E-state index in [2.05, 4.69) is 12.0 Å². The van der Waals surface area contributed by atoms with Crippen molar-refractivity contribution in [1.29, 1.82) is 0 Å². The molecule has 0 amide bonds. The zero-order chi connectivity index (χ0) is 12.8. The lowest BCUT2D eigenvalue weighted by atomic mass is 10.1. The Labute approximate surface area is 107 Å². The summed E-state index contributed by atoms with van der Waals surface area (Å²) in [6.45, 7) is 2.96. The van der Waals surface area contributed by atoms with Crippen LogP contribution in [0, 0.1) is 0 Å². The molecular weight excluding hydrogens is 224 g/mol. The highest BCUT2D eigenvalue weighted by molar-refractivity contribution is 5.95. The Balaban J connectivity index is 1.91. The van der Waals surface area contributed by atoms with Crippen molar-refractivity contribution in [3.05, 3.63) is 53.9 Å². The van der Waals surface area contributed by atoms with Crippen molar-refractivity contribution in [2.24, 2.45) is 0 Å². The molecule has 0 bridgehead atoms. The summed E-state index contributed by atoms with van der Waals surface area (Å²) in [5, 5.41) is 4.18. The quantitative estimate of drug-likeness (QED) is 0.729. The van der Waals surface area contributed by atoms with Crippen molar-refractivity contribution in [3.63, 3.8) is 0 Å². The number of benzene rings is 1. The van der Waals surface area contributed by atoms with Gasteiger partial charge in [-0.05, 0) is 18.4 Å². The normalized spacial score (nSPS) is 10.5. The van der Waals surface area contributed by atoms with Crippen LogP contribution in [0.1, 0.15) is 35.7 Å². The number of carbonyl (C=O) groups is 1. The first-order valence-electron chi connectivity index (χ1n) is 6.39. The standard InChI is InChI=1S/C15H18N2O/c1-2-10-17-12-14(11-16-17)15(18)9-8-13-6-4-3-5-7-13/h3-7,11-12H,2,8-10H2,1H3. The van der Waals surface area contributed by atoms with E-state index in [1.165, 1.54) is 5.56 Å². The number of carbonyl (C=O) groups excluding carboxylic acids is 1. The van der Waals surface area contributed by atoms with Crippen LogP contribution in [0.15, 0.2) is 42.7 Å². The van der Waals surface area contributed by atoms with E-state index in [1.807, 2.05) is 41.2 Å². The van der Waals surface area contributed by atoms with E-state index in [-0.39, 0.29) is 5.78 Å². The Morgan fingerprint density at radius 2 is 2.06 bits per heavy atom. The zero-order valence-electron chi connectivity index (χ0n) is 10.7. The summed E-state index contributed by atoms with van der Waals surface area (Å²) in [6.07, 6.45) is 5.87. The third-order valence-electron chi connectivity index (χ3n) is 2.89. The highest BCUT2D eigenvalue weighted by Crippen LogP contribution is 2.08. The van der Waals surface area contributed by atoms with Gasteiger partial charge in [0.2, 0.25) is 0 Å². The minimum absolute atomic E-state index is 0.168. The van der Waals surface area contributed by atoms with Crippen molar-refractivity contribution in [2.75, 3.05) is 0 Å². The zero-order valence-corrected chi connectivity index (χ0v) is 10.7. The summed E-state index contributed by atoms with van der Waals surface area (Å²) < 4.78 is 1.83. The molecule has 0 unspecified atom stereocenters. The van der Waals surface area contributed by atoms with Crippen molar-refractivity contribution in [1.82, 2.24) is 9.78 Å². The lowest BCUT2D eigenvalue weighted by Crippen LogP contribution is -2.00. The molecule has 2 rings (SSSR count). The SMILES string of the molecule is CCCn1cc(C(=O)CCc2ccccc2)cn1. The number of Topliss-reactive ketones (excluding diaryl/α,β-unsaturated/α-hetero) is 1. The Hall–Kier alpha value is -1.90. The van der Waals surface area contributed by atoms with Crippen LogP contribution in [0.25, 0.3) is 0 Å². The van der Waals surface area contributed by atoms with Gasteiger partial charge in [0.1, 0.15) is 0 Å². The highest BCUT2D eigenvalue weighted by atomic mass is 16.1. The topological polar surface area (TPSA) is 34.9 Å². The predicted molar refractivity (Wildman–Crippen MR) is 71.6 cm³/mol. The maximum Gasteiger partial charge on any atom is 0.166 e. The molecule has 18 heavy (non-hydrogen) atoms. The predicted octanol–water partition coefficient (Wildman–Crippen LogP) is 3.11. The van der Waals surface area contributed by atoms with Crippen LogP contribution in [-0.4, -0.2) is 15.6 Å². The lowest BCUT2D eigenvalue weighted by molar-refractivity contribution is 0.0982. The smallest absolute Gasteiger partial charge is 0.166 e. The summed E-state index contributed by atoms with van der Waals surface area (Å²) in [6, 6.07) is 10.1. The summed E-state index contributed by atoms with van der Waals surface area (Å²) in [4.78, 5) is 12.0. The molecular formula is C15H18N2O. The fourth-order valence-electron chi connectivity index (χ4n) is 1.91. The second kappa shape index (κ2) is 6.15. The monoisotopic (exact) mass is 242 g/mol. The van der Waals surface area contributed by atoms with Crippen LogP contribution in [-0.2, 0) is 13.0 Å². The van der Waals surface area contributed by atoms with Gasteiger partial charge in [-0.15, -0.1) is 0 Å². The number of aryl methyl sites for hydroxylation is 2. The molecule has 0 atom stereocenters. The molecule has 3 heteroatoms. The van der Waals surface area contributed by atoms with Gasteiger partial charge in [-0.25, -0.2) is 0 Å². The number of hydrogen-bond acceptors (Lipinski definition) is 2. The van der Waals surface area contributed by atoms with Crippen LogP contribution in [0.4, 0.5) is 0 Å². The molecule has 1 heterocycles. The van der Waals surface area contributed by atoms with E-state index in [1.54, 1.807) is 6.20 Å². The van der Waals surface area contributed by atoms with Crippen LogP contribution in [0.2, 0.25) is 0 Å². The van der Waals surface area contributed by atoms with E-state index in [4.69, 9.17) is 0 Å². The van der Waals surface area contributed by atoms with Gasteiger partial charge in [0.25, 0.3) is 0 Å². The minimum Gasteiger partial charge on any atom is -0.294 e. The molecule has 0 aliphatic rings. The van der Waals surface area contributed by atoms with Crippen molar-refractivity contribution in [2.45, 2.75) is 32.7 Å². The van der Waals surface area contributed by atoms with Crippen molar-refractivity contribution < 1.29 is 4.79 Å². The van der Waals surface area contributed by atoms with E-state index in [0.29, 0.717) is 6.42 Å². The molecule has 0 aliphatic carbocycles. The van der Waals surface area contributed by atoms with E-state index < -0.39 is 0 Å². The van der Waals surface area contributed by atoms with Gasteiger partial charge in [-0.3, -0.25) is 9.48 Å². The number of ketones is 1. The molecule has 0 radical (unpaired) electrons. The molecule has 3 nitrogen and oxygen atoms in total. The molecule has 0 fully saturated rings. The van der Waals surface area contributed by atoms with E-state index in [0.717, 1.165) is 24.9 Å². The highest BCUT2D eigenvalue weighted by Gasteiger charge is 2.08. The maximum atomic E-state index is 12.0. The van der Waals surface area contributed by atoms with Gasteiger partial charge in [0, 0.05) is 19.2 Å². The Morgan fingerprint density at radius 1 is 1.28 bits per heavy atom. The van der Waals surface area contributed by atoms with Crippen molar-refractivity contribution >= 4 is 5.78 Å². The summed E-state index contributed by atoms with van der Waals surface area (Å²) in [5.74, 6) is 0.168. The summed E-state index contributed by atoms with van der Waals surface area (Å²) >= 11 is 0. The van der Waals surface area contributed by atoms with Crippen LogP contribution >= 0.6 is 0 Å². The fraction of sp³-hybridized carbons (Fsp3) is 0.333. The van der Waals surface area contributed by atoms with E-state index in [9.17, 15) is 4.79 Å². The first kappa shape index (κ1) is 12.6. The van der Waals surface area contributed by atoms with Crippen LogP contribution in [0.3, 0.4) is 0 Å².